The van der Waals surface area contributed by atoms with E-state index in [9.17, 15) is 9.59 Å². The standard InChI is InChI=1S/C31H33N9O2.ClH/c32-17-20-3-7-23(8-4-20)31(42)40(26-11-9-22(10-12-26)30-36-38-39-37-30)27(28(33)41)15-19-1-5-21(6-2-19)25-16-24-13-14-34-29(24)35-18-25;/h1-2,5-6,9-14,16,18,20,23,27H,3-4,7-8,15,17,32H2,(H2,33,41)(H,34,35)(H,36,37,38,39);1H/t20?,23?,27-;/m0./s1. The summed E-state index contributed by atoms with van der Waals surface area (Å²) >= 11 is 0. The summed E-state index contributed by atoms with van der Waals surface area (Å²) in [6, 6.07) is 18.4. The lowest BCUT2D eigenvalue weighted by molar-refractivity contribution is -0.127. The lowest BCUT2D eigenvalue weighted by atomic mass is 9.81. The van der Waals surface area contributed by atoms with Crippen LogP contribution in [0.3, 0.4) is 0 Å². The quantitative estimate of drug-likeness (QED) is 0.198. The van der Waals surface area contributed by atoms with E-state index in [1.807, 2.05) is 54.9 Å². The minimum Gasteiger partial charge on any atom is -0.368 e. The van der Waals surface area contributed by atoms with Gasteiger partial charge in [0.15, 0.2) is 0 Å². The van der Waals surface area contributed by atoms with Gasteiger partial charge in [-0.15, -0.1) is 22.6 Å². The van der Waals surface area contributed by atoms with Gasteiger partial charge in [-0.1, -0.05) is 24.3 Å². The largest absolute Gasteiger partial charge is 0.368 e. The second-order valence-electron chi connectivity index (χ2n) is 10.9. The van der Waals surface area contributed by atoms with Gasteiger partial charge in [0, 0.05) is 46.9 Å². The van der Waals surface area contributed by atoms with E-state index in [2.05, 4.69) is 36.7 Å². The number of hydrogen-bond acceptors (Lipinski definition) is 7. The summed E-state index contributed by atoms with van der Waals surface area (Å²) in [6.07, 6.45) is 7.23. The zero-order chi connectivity index (χ0) is 29.1. The Balaban J connectivity index is 0.00000368. The molecule has 1 atom stereocenters. The summed E-state index contributed by atoms with van der Waals surface area (Å²) < 4.78 is 0. The van der Waals surface area contributed by atoms with E-state index < -0.39 is 11.9 Å². The molecule has 0 saturated heterocycles. The molecule has 0 bridgehead atoms. The summed E-state index contributed by atoms with van der Waals surface area (Å²) in [4.78, 5) is 36.3. The third-order valence-electron chi connectivity index (χ3n) is 8.27. The number of amides is 2. The van der Waals surface area contributed by atoms with Crippen LogP contribution >= 0.6 is 12.4 Å². The second-order valence-corrected chi connectivity index (χ2v) is 10.9. The van der Waals surface area contributed by atoms with Crippen LogP contribution in [-0.4, -0.2) is 55.0 Å². The fourth-order valence-electron chi connectivity index (χ4n) is 5.83. The van der Waals surface area contributed by atoms with Crippen molar-refractivity contribution in [1.29, 1.82) is 0 Å². The van der Waals surface area contributed by atoms with Crippen molar-refractivity contribution in [2.75, 3.05) is 11.4 Å². The Bertz CT molecular complexity index is 1660. The average molecular weight is 600 g/mol. The topological polar surface area (TPSA) is 173 Å². The number of halogens is 1. The SMILES string of the molecule is Cl.NCC1CCC(C(=O)N(c2ccc(-c3nn[nH]n3)cc2)[C@@H](Cc2ccc(-c3cnc4[nH]ccc4c3)cc2)C(N)=O)CC1. The van der Waals surface area contributed by atoms with Crippen molar-refractivity contribution in [3.8, 4) is 22.5 Å². The van der Waals surface area contributed by atoms with Gasteiger partial charge in [-0.3, -0.25) is 14.5 Å². The van der Waals surface area contributed by atoms with Crippen molar-refractivity contribution in [3.63, 3.8) is 0 Å². The molecule has 0 spiro atoms. The molecule has 12 heteroatoms. The molecule has 1 aliphatic carbocycles. The third kappa shape index (κ3) is 6.42. The smallest absolute Gasteiger partial charge is 0.240 e. The Hall–Kier alpha value is -4.61. The number of pyridine rings is 1. The third-order valence-corrected chi connectivity index (χ3v) is 8.27. The minimum atomic E-state index is -0.871. The highest BCUT2D eigenvalue weighted by Crippen LogP contribution is 2.33. The van der Waals surface area contributed by atoms with Crippen molar-refractivity contribution in [2.24, 2.45) is 23.3 Å². The Morgan fingerprint density at radius 2 is 1.67 bits per heavy atom. The summed E-state index contributed by atoms with van der Waals surface area (Å²) in [7, 11) is 0. The first kappa shape index (κ1) is 29.9. The fraction of sp³-hybridized carbons (Fsp3) is 0.290. The van der Waals surface area contributed by atoms with E-state index in [1.165, 1.54) is 0 Å². The van der Waals surface area contributed by atoms with Crippen molar-refractivity contribution in [1.82, 2.24) is 30.6 Å². The highest BCUT2D eigenvalue weighted by molar-refractivity contribution is 6.01. The number of nitrogens with one attached hydrogen (secondary N) is 2. The van der Waals surface area contributed by atoms with Crippen LogP contribution < -0.4 is 16.4 Å². The van der Waals surface area contributed by atoms with Crippen LogP contribution in [0.4, 0.5) is 5.69 Å². The predicted octanol–water partition coefficient (Wildman–Crippen LogP) is 4.03. The number of benzene rings is 2. The number of aromatic nitrogens is 6. The zero-order valence-electron chi connectivity index (χ0n) is 23.5. The van der Waals surface area contributed by atoms with Gasteiger partial charge in [-0.2, -0.15) is 5.21 Å². The number of hydrogen-bond donors (Lipinski definition) is 4. The summed E-state index contributed by atoms with van der Waals surface area (Å²) in [6.45, 7) is 0.622. The molecule has 1 aliphatic rings. The predicted molar refractivity (Wildman–Crippen MR) is 167 cm³/mol. The lowest BCUT2D eigenvalue weighted by Crippen LogP contribution is -2.52. The highest BCUT2D eigenvalue weighted by Gasteiger charge is 2.36. The lowest BCUT2D eigenvalue weighted by Gasteiger charge is -2.35. The van der Waals surface area contributed by atoms with E-state index in [0.29, 0.717) is 24.0 Å². The molecule has 3 aromatic heterocycles. The molecule has 6 rings (SSSR count). The molecule has 2 aromatic carbocycles. The first-order chi connectivity index (χ1) is 20.5. The van der Waals surface area contributed by atoms with Crippen LogP contribution in [0.5, 0.6) is 0 Å². The Morgan fingerprint density at radius 3 is 2.33 bits per heavy atom. The first-order valence-electron chi connectivity index (χ1n) is 14.2. The molecule has 1 fully saturated rings. The summed E-state index contributed by atoms with van der Waals surface area (Å²) in [5.41, 5.74) is 17.0. The normalized spacial score (nSPS) is 17.2. The molecular formula is C31H34ClN9O2. The Labute approximate surface area is 254 Å². The molecule has 222 valence electrons. The molecule has 2 amide bonds. The van der Waals surface area contributed by atoms with E-state index in [-0.39, 0.29) is 30.7 Å². The second kappa shape index (κ2) is 13.1. The number of carbonyl (C=O) groups is 2. The number of H-pyrrole nitrogens is 2. The van der Waals surface area contributed by atoms with Crippen LogP contribution in [0.1, 0.15) is 31.2 Å². The minimum absolute atomic E-state index is 0. The van der Waals surface area contributed by atoms with Gasteiger partial charge in [0.1, 0.15) is 11.7 Å². The molecule has 11 nitrogen and oxygen atoms in total. The molecule has 6 N–H and O–H groups in total. The van der Waals surface area contributed by atoms with Gasteiger partial charge in [0.25, 0.3) is 0 Å². The number of primary amides is 1. The van der Waals surface area contributed by atoms with E-state index in [0.717, 1.165) is 59.0 Å². The Kier molecular flexibility index (Phi) is 9.13. The maximum Gasteiger partial charge on any atom is 0.240 e. The fourth-order valence-corrected chi connectivity index (χ4v) is 5.83. The van der Waals surface area contributed by atoms with Crippen LogP contribution in [0.15, 0.2) is 73.1 Å². The van der Waals surface area contributed by atoms with Gasteiger partial charge in [-0.25, -0.2) is 4.98 Å². The number of carbonyl (C=O) groups excluding carboxylic acids is 2. The number of tetrazole rings is 1. The molecule has 5 aromatic rings. The number of rotatable bonds is 9. The van der Waals surface area contributed by atoms with Crippen molar-refractivity contribution in [3.05, 3.63) is 78.6 Å². The molecule has 0 radical (unpaired) electrons. The average Bonchev–Trinajstić information content (AvgIpc) is 3.74. The zero-order valence-corrected chi connectivity index (χ0v) is 24.3. The molecule has 0 unspecified atom stereocenters. The van der Waals surface area contributed by atoms with Crippen molar-refractivity contribution in [2.45, 2.75) is 38.1 Å². The first-order valence-corrected chi connectivity index (χ1v) is 14.2. The molecule has 0 aliphatic heterocycles. The Morgan fingerprint density at radius 1 is 0.953 bits per heavy atom. The molecule has 43 heavy (non-hydrogen) atoms. The number of nitrogens with two attached hydrogens (primary N) is 2. The monoisotopic (exact) mass is 599 g/mol. The highest BCUT2D eigenvalue weighted by atomic mass is 35.5. The van der Waals surface area contributed by atoms with Gasteiger partial charge < -0.3 is 16.5 Å². The van der Waals surface area contributed by atoms with Gasteiger partial charge in [-0.05, 0) is 90.9 Å². The van der Waals surface area contributed by atoms with Crippen LogP contribution in [0.2, 0.25) is 0 Å². The number of anilines is 1. The van der Waals surface area contributed by atoms with Crippen LogP contribution in [-0.2, 0) is 16.0 Å². The molecule has 1 saturated carbocycles. The van der Waals surface area contributed by atoms with E-state index in [1.54, 1.807) is 17.0 Å². The molecule has 3 heterocycles. The van der Waals surface area contributed by atoms with Crippen LogP contribution in [0.25, 0.3) is 33.5 Å². The van der Waals surface area contributed by atoms with Crippen molar-refractivity contribution < 1.29 is 9.59 Å². The maximum atomic E-state index is 14.1. The number of fused-ring (bicyclic) bond motifs is 1. The summed E-state index contributed by atoms with van der Waals surface area (Å²) in [5, 5.41) is 15.2. The number of nitrogens with zero attached hydrogens (tertiary/aromatic N) is 5. The van der Waals surface area contributed by atoms with Gasteiger partial charge in [0.2, 0.25) is 17.6 Å². The maximum absolute atomic E-state index is 14.1. The molecular weight excluding hydrogens is 566 g/mol. The van der Waals surface area contributed by atoms with Crippen LogP contribution in [0, 0.1) is 11.8 Å². The van der Waals surface area contributed by atoms with E-state index >= 15 is 0 Å². The van der Waals surface area contributed by atoms with Gasteiger partial charge >= 0.3 is 0 Å². The van der Waals surface area contributed by atoms with Gasteiger partial charge in [0.05, 0.1) is 0 Å². The van der Waals surface area contributed by atoms with E-state index in [4.69, 9.17) is 11.5 Å². The summed E-state index contributed by atoms with van der Waals surface area (Å²) in [5.74, 6) is 0.00791. The van der Waals surface area contributed by atoms with Crippen molar-refractivity contribution >= 4 is 40.9 Å². The number of aromatic amines is 2.